The number of hydrogen-bond donors (Lipinski definition) is 18. The quantitative estimate of drug-likeness (QED) is 0.0367. The van der Waals surface area contributed by atoms with Gasteiger partial charge in [0.25, 0.3) is 53.2 Å². The van der Waals surface area contributed by atoms with E-state index in [1.165, 1.54) is 27.2 Å². The van der Waals surface area contributed by atoms with Crippen molar-refractivity contribution < 1.29 is 104 Å². The molecule has 1 aliphatic rings. The monoisotopic (exact) mass is 2190 g/mol. The van der Waals surface area contributed by atoms with E-state index < -0.39 is 147 Å². The molecule has 0 heterocycles. The number of carbonyl (C=O) groups excluding carboxylic acids is 9. The molecule has 0 saturated heterocycles. The maximum atomic E-state index is 14.7. The Balaban J connectivity index is 1.85. The molecule has 8 unspecified atom stereocenters. The molecule has 3 aromatic rings. The van der Waals surface area contributed by atoms with Crippen molar-refractivity contribution in [2.24, 2.45) is 17.8 Å². The molecule has 38 heteroatoms. The lowest BCUT2D eigenvalue weighted by atomic mass is 9.75. The topological polar surface area (TPSA) is 478 Å². The number of carbonyl (C=O) groups is 9. The van der Waals surface area contributed by atoms with E-state index in [-0.39, 0.29) is 118 Å². The van der Waals surface area contributed by atoms with Gasteiger partial charge in [0.2, 0.25) is 0 Å². The first-order valence-electron chi connectivity index (χ1n) is 27.4. The van der Waals surface area contributed by atoms with E-state index in [2.05, 4.69) is 31.9 Å². The maximum absolute atomic E-state index is 14.7. The Kier molecular flexibility index (Phi) is 34.7. The minimum absolute atomic E-state index is 0.0688. The van der Waals surface area contributed by atoms with Crippen molar-refractivity contribution in [1.82, 2.24) is 30.7 Å². The lowest BCUT2D eigenvalue weighted by Gasteiger charge is -2.35. The molecule has 0 spiro atoms. The van der Waals surface area contributed by atoms with Gasteiger partial charge in [0.05, 0.1) is 130 Å². The highest BCUT2D eigenvalue weighted by atomic mass is 127. The summed E-state index contributed by atoms with van der Waals surface area (Å²) in [6.07, 6.45) is -8.86. The molecule has 1 aliphatic carbocycles. The van der Waals surface area contributed by atoms with E-state index in [4.69, 9.17) is 0 Å². The number of hydrogen-bond acceptors (Lipinski definition) is 21. The highest BCUT2D eigenvalue weighted by Crippen LogP contribution is 2.40. The Hall–Kier alpha value is -1.75. The fourth-order valence-electron chi connectivity index (χ4n) is 9.40. The van der Waals surface area contributed by atoms with Gasteiger partial charge < -0.3 is 108 Å². The Morgan fingerprint density at radius 1 is 0.391 bits per heavy atom. The van der Waals surface area contributed by atoms with Gasteiger partial charge in [-0.05, 0) is 224 Å². The van der Waals surface area contributed by atoms with Gasteiger partial charge in [-0.15, -0.1) is 0 Å². The van der Waals surface area contributed by atoms with Gasteiger partial charge in [-0.2, -0.15) is 0 Å². The molecule has 0 bridgehead atoms. The average molecular weight is 2190 g/mol. The fraction of sp³-hybridized carbons (Fsp3) is 0.500. The third kappa shape index (κ3) is 21.4. The van der Waals surface area contributed by atoms with Gasteiger partial charge in [-0.25, -0.2) is 0 Å². The molecule has 30 nitrogen and oxygen atoms in total. The Labute approximate surface area is 635 Å². The van der Waals surface area contributed by atoms with Crippen LogP contribution in [0.2, 0.25) is 0 Å². The van der Waals surface area contributed by atoms with Crippen LogP contribution in [0.5, 0.6) is 0 Å². The summed E-state index contributed by atoms with van der Waals surface area (Å²) in [6, 6.07) is 1.27. The van der Waals surface area contributed by atoms with Gasteiger partial charge in [0.1, 0.15) is 0 Å². The summed E-state index contributed by atoms with van der Waals surface area (Å²) in [6.45, 7) is -6.24. The predicted octanol–water partition coefficient (Wildman–Crippen LogP) is -0.704. The van der Waals surface area contributed by atoms with Crippen LogP contribution >= 0.6 is 181 Å². The molecular formula is C54H67I8N9O21. The first-order chi connectivity index (χ1) is 43.2. The minimum atomic E-state index is -1.90. The van der Waals surface area contributed by atoms with E-state index in [1.54, 1.807) is 181 Å². The van der Waals surface area contributed by atoms with Crippen molar-refractivity contribution in [1.29, 1.82) is 0 Å². The number of aliphatic hydroxyl groups is 12. The van der Waals surface area contributed by atoms with Gasteiger partial charge >= 0.3 is 0 Å². The number of anilines is 3. The summed E-state index contributed by atoms with van der Waals surface area (Å²) < 4.78 is 0.943. The van der Waals surface area contributed by atoms with Crippen molar-refractivity contribution in [2.45, 2.75) is 55.9 Å². The molecular weight excluding hydrogens is 2130 g/mol. The third-order valence-electron chi connectivity index (χ3n) is 14.1. The zero-order valence-electron chi connectivity index (χ0n) is 48.8. The van der Waals surface area contributed by atoms with Gasteiger partial charge in [-0.1, -0.05) is 0 Å². The lowest BCUT2D eigenvalue weighted by molar-refractivity contribution is -0.126. The van der Waals surface area contributed by atoms with Crippen LogP contribution in [-0.2, 0) is 14.4 Å². The molecule has 510 valence electrons. The van der Waals surface area contributed by atoms with Crippen molar-refractivity contribution in [3.63, 3.8) is 0 Å². The van der Waals surface area contributed by atoms with Crippen LogP contribution < -0.4 is 31.9 Å². The molecule has 4 rings (SSSR count). The largest absolute Gasteiger partial charge is 0.394 e. The number of aliphatic hydroxyl groups excluding tert-OH is 12. The second-order valence-corrected chi connectivity index (χ2v) is 29.8. The summed E-state index contributed by atoms with van der Waals surface area (Å²) in [5.74, 6) is -9.04. The molecule has 92 heavy (non-hydrogen) atoms. The number of nitrogens with zero attached hydrogens (tertiary/aromatic N) is 3. The second kappa shape index (κ2) is 38.6. The Morgan fingerprint density at radius 2 is 0.663 bits per heavy atom. The van der Waals surface area contributed by atoms with Crippen molar-refractivity contribution in [2.75, 3.05) is 116 Å². The zero-order valence-corrected chi connectivity index (χ0v) is 66.0. The number of benzene rings is 3. The molecule has 1 saturated carbocycles. The summed E-state index contributed by atoms with van der Waals surface area (Å²) in [5.41, 5.74) is -0.838. The van der Waals surface area contributed by atoms with Crippen LogP contribution in [0.25, 0.3) is 0 Å². The van der Waals surface area contributed by atoms with Crippen molar-refractivity contribution >= 4 is 251 Å². The minimum Gasteiger partial charge on any atom is -0.394 e. The molecule has 9 amide bonds. The smallest absolute Gasteiger partial charge is 0.255 e. The zero-order chi connectivity index (χ0) is 69.5. The Morgan fingerprint density at radius 3 is 0.967 bits per heavy atom. The van der Waals surface area contributed by atoms with Gasteiger partial charge in [0.15, 0.2) is 18.3 Å². The summed E-state index contributed by atoms with van der Waals surface area (Å²) >= 11 is 14.3. The molecule has 8 atom stereocenters. The van der Waals surface area contributed by atoms with E-state index >= 15 is 0 Å². The van der Waals surface area contributed by atoms with Gasteiger partial charge in [0, 0.05) is 67.6 Å². The summed E-state index contributed by atoms with van der Waals surface area (Å²) in [7, 11) is 4.02. The van der Waals surface area contributed by atoms with E-state index in [1.807, 2.05) is 0 Å². The molecule has 3 aromatic carbocycles. The van der Waals surface area contributed by atoms with Crippen molar-refractivity contribution in [3.05, 3.63) is 68.0 Å². The molecule has 0 aliphatic heterocycles. The van der Waals surface area contributed by atoms with Crippen LogP contribution in [-0.4, -0.2) is 266 Å². The lowest BCUT2D eigenvalue weighted by Crippen LogP contribution is -2.42. The van der Waals surface area contributed by atoms with E-state index in [0.717, 1.165) is 14.7 Å². The van der Waals surface area contributed by atoms with Gasteiger partial charge in [-0.3, -0.25) is 43.2 Å². The van der Waals surface area contributed by atoms with E-state index in [9.17, 15) is 104 Å². The van der Waals surface area contributed by atoms with Crippen LogP contribution in [0.3, 0.4) is 0 Å². The average Bonchev–Trinajstić information content (AvgIpc) is 0.779. The fourth-order valence-corrected chi connectivity index (χ4v) is 20.3. The summed E-state index contributed by atoms with van der Waals surface area (Å²) in [4.78, 5) is 129. The molecule has 1 fully saturated rings. The standard InChI is InChI=1S/C54H67I8N9O21/c1-69(11-23(78)14-72)52(90)27-7-26(35(55)43(36(27)56)66-47(85)28(81)17-75)46(84)63-8-20-4-21(9-64-50(88)31-37(57)33(53(91)70(2)12-24(79)15-73)41(61)44(39(31)59)67-48(86)29(82)18-76)6-22(5-20)10-65-51(89)32-38(58)34(54(92)71(3)13-25(80)16-74)42(62)45(40(32)60)68-49(87)30(83)19-77/h7,20-25,28-30,72-83H,4-6,8-19H2,1-3H3,(H,63,84)(H,64,88)(H,65,89)(H,66,85)(H,67,86)(H,68,87). The normalized spacial score (nSPS) is 16.6. The maximum Gasteiger partial charge on any atom is 0.255 e. The number of likely N-dealkylation sites (N-methyl/N-ethyl adjacent to an activating group) is 3. The van der Waals surface area contributed by atoms with Crippen LogP contribution in [0, 0.1) is 46.3 Å². The first-order valence-corrected chi connectivity index (χ1v) is 36.0. The highest BCUT2D eigenvalue weighted by Gasteiger charge is 2.37. The molecule has 0 radical (unpaired) electrons. The molecule has 0 aromatic heterocycles. The SMILES string of the molecule is CN(CC(O)CO)C(=O)c1cc(C(=O)NCC2CC(CNC(=O)c3c(I)c(NC(=O)C(O)CO)c(I)c(C(=O)N(C)CC(O)CO)c3I)CC(CNC(=O)c3c(I)c(NC(=O)C(O)CO)c(I)c(C(=O)N(C)CC(O)CO)c3I)C2)c(I)c(NC(=O)C(O)CO)c1I. The predicted molar refractivity (Wildman–Crippen MR) is 398 cm³/mol. The van der Waals surface area contributed by atoms with E-state index in [0.29, 0.717) is 19.3 Å². The van der Waals surface area contributed by atoms with Crippen LogP contribution in [0.1, 0.15) is 81.4 Å². The van der Waals surface area contributed by atoms with Crippen LogP contribution in [0.15, 0.2) is 6.07 Å². The highest BCUT2D eigenvalue weighted by molar-refractivity contribution is 14.1. The number of rotatable bonds is 30. The summed E-state index contributed by atoms with van der Waals surface area (Å²) in [5, 5.41) is 135. The Bertz CT molecular complexity index is 3120. The molecule has 18 N–H and O–H groups in total. The number of nitrogens with one attached hydrogen (secondary N) is 6. The van der Waals surface area contributed by atoms with Crippen molar-refractivity contribution in [3.8, 4) is 0 Å². The third-order valence-corrected chi connectivity index (χ3v) is 22.9. The number of halogens is 8. The van der Waals surface area contributed by atoms with Crippen LogP contribution in [0.4, 0.5) is 17.1 Å². The first kappa shape index (κ1) is 82.7. The second-order valence-electron chi connectivity index (χ2n) is 21.2. The number of amides is 9.